The van der Waals surface area contributed by atoms with Crippen molar-refractivity contribution in [3.63, 3.8) is 0 Å². The molecule has 0 spiro atoms. The average Bonchev–Trinajstić information content (AvgIpc) is 2.75. The van der Waals surface area contributed by atoms with Gasteiger partial charge in [0.1, 0.15) is 16.9 Å². The second kappa shape index (κ2) is 3.73. The first-order valence-electron chi connectivity index (χ1n) is 6.71. The third-order valence-corrected chi connectivity index (χ3v) is 3.98. The molecule has 0 unspecified atom stereocenters. The molecular weight excluding hydrogens is 240 g/mol. The number of rotatable bonds is 0. The zero-order valence-corrected chi connectivity index (χ0v) is 10.8. The molecule has 96 valence electrons. The number of aryl methyl sites for hydroxylation is 3. The number of benzene rings is 1. The minimum Gasteiger partial charge on any atom is -0.461 e. The standard InChI is InChI=1S/C16H14O3/c1-9-6-10-7-12-11-4-2-3-5-13(11)18-15(12)8-14(10)19-16(9)17/h6-8H,2-5H2,1H3. The van der Waals surface area contributed by atoms with Crippen LogP contribution in [0.5, 0.6) is 0 Å². The van der Waals surface area contributed by atoms with Crippen molar-refractivity contribution in [2.45, 2.75) is 32.6 Å². The molecule has 0 N–H and O–H groups in total. The van der Waals surface area contributed by atoms with Gasteiger partial charge in [0.25, 0.3) is 0 Å². The first-order chi connectivity index (χ1) is 9.22. The average molecular weight is 254 g/mol. The molecule has 0 saturated heterocycles. The summed E-state index contributed by atoms with van der Waals surface area (Å²) < 4.78 is 11.2. The van der Waals surface area contributed by atoms with E-state index in [0.29, 0.717) is 11.1 Å². The SMILES string of the molecule is Cc1cc2cc3c4c(oc3cc2oc1=O)CCCC4. The Hall–Kier alpha value is -2.03. The maximum atomic E-state index is 11.6. The fraction of sp³-hybridized carbons (Fsp3) is 0.312. The van der Waals surface area contributed by atoms with Crippen molar-refractivity contribution in [1.29, 1.82) is 0 Å². The molecule has 0 saturated carbocycles. The van der Waals surface area contributed by atoms with Crippen molar-refractivity contribution in [2.24, 2.45) is 0 Å². The lowest BCUT2D eigenvalue weighted by Gasteiger charge is -2.08. The lowest BCUT2D eigenvalue weighted by Crippen LogP contribution is -2.01. The summed E-state index contributed by atoms with van der Waals surface area (Å²) >= 11 is 0. The summed E-state index contributed by atoms with van der Waals surface area (Å²) in [5.74, 6) is 1.11. The first-order valence-corrected chi connectivity index (χ1v) is 6.71. The van der Waals surface area contributed by atoms with E-state index in [1.807, 2.05) is 12.1 Å². The molecule has 2 heterocycles. The highest BCUT2D eigenvalue weighted by molar-refractivity contribution is 5.95. The molecule has 1 aliphatic rings. The zero-order valence-electron chi connectivity index (χ0n) is 10.8. The Morgan fingerprint density at radius 1 is 1.00 bits per heavy atom. The molecule has 1 aliphatic carbocycles. The monoisotopic (exact) mass is 254 g/mol. The summed E-state index contributed by atoms with van der Waals surface area (Å²) in [6, 6.07) is 5.83. The van der Waals surface area contributed by atoms with Gasteiger partial charge in [0.15, 0.2) is 0 Å². The molecule has 1 aromatic carbocycles. The smallest absolute Gasteiger partial charge is 0.339 e. The van der Waals surface area contributed by atoms with Gasteiger partial charge in [-0.25, -0.2) is 4.79 Å². The van der Waals surface area contributed by atoms with Crippen molar-refractivity contribution in [1.82, 2.24) is 0 Å². The molecule has 4 rings (SSSR count). The van der Waals surface area contributed by atoms with Crippen LogP contribution in [0.25, 0.3) is 21.9 Å². The van der Waals surface area contributed by atoms with Gasteiger partial charge in [-0.2, -0.15) is 0 Å². The van der Waals surface area contributed by atoms with Crippen LogP contribution in [0.2, 0.25) is 0 Å². The van der Waals surface area contributed by atoms with Crippen molar-refractivity contribution in [3.8, 4) is 0 Å². The predicted molar refractivity (Wildman–Crippen MR) is 73.6 cm³/mol. The van der Waals surface area contributed by atoms with Crippen LogP contribution in [0.1, 0.15) is 29.7 Å². The Kier molecular flexibility index (Phi) is 2.13. The highest BCUT2D eigenvalue weighted by Gasteiger charge is 2.18. The van der Waals surface area contributed by atoms with Crippen LogP contribution in [0.3, 0.4) is 0 Å². The van der Waals surface area contributed by atoms with Gasteiger partial charge >= 0.3 is 5.63 Å². The first kappa shape index (κ1) is 10.9. The van der Waals surface area contributed by atoms with Crippen molar-refractivity contribution in [3.05, 3.63) is 45.5 Å². The third kappa shape index (κ3) is 1.54. The van der Waals surface area contributed by atoms with Crippen LogP contribution < -0.4 is 5.63 Å². The maximum Gasteiger partial charge on any atom is 0.339 e. The van der Waals surface area contributed by atoms with Crippen molar-refractivity contribution >= 4 is 21.9 Å². The van der Waals surface area contributed by atoms with E-state index in [0.717, 1.165) is 29.6 Å². The maximum absolute atomic E-state index is 11.6. The summed E-state index contributed by atoms with van der Waals surface area (Å²) in [6.07, 6.45) is 4.52. The second-order valence-electron chi connectivity index (χ2n) is 5.31. The lowest BCUT2D eigenvalue weighted by molar-refractivity contribution is 0.505. The molecule has 0 fully saturated rings. The highest BCUT2D eigenvalue weighted by Crippen LogP contribution is 2.34. The fourth-order valence-corrected chi connectivity index (χ4v) is 2.98. The lowest BCUT2D eigenvalue weighted by atomic mass is 9.95. The number of hydrogen-bond donors (Lipinski definition) is 0. The largest absolute Gasteiger partial charge is 0.461 e. The summed E-state index contributed by atoms with van der Waals surface area (Å²) in [7, 11) is 0. The minimum atomic E-state index is -0.275. The molecule has 0 atom stereocenters. The van der Waals surface area contributed by atoms with Crippen LogP contribution in [0, 0.1) is 6.92 Å². The molecule has 19 heavy (non-hydrogen) atoms. The van der Waals surface area contributed by atoms with Crippen molar-refractivity contribution in [2.75, 3.05) is 0 Å². The quantitative estimate of drug-likeness (QED) is 0.574. The Morgan fingerprint density at radius 2 is 1.84 bits per heavy atom. The Morgan fingerprint density at radius 3 is 2.74 bits per heavy atom. The normalized spacial score (nSPS) is 15.0. The molecule has 3 heteroatoms. The number of hydrogen-bond acceptors (Lipinski definition) is 3. The molecule has 3 nitrogen and oxygen atoms in total. The van der Waals surface area contributed by atoms with Gasteiger partial charge in [0.05, 0.1) is 0 Å². The zero-order chi connectivity index (χ0) is 13.0. The fourth-order valence-electron chi connectivity index (χ4n) is 2.98. The van der Waals surface area contributed by atoms with Crippen molar-refractivity contribution < 1.29 is 8.83 Å². The van der Waals surface area contributed by atoms with Gasteiger partial charge in [-0.05, 0) is 38.3 Å². The Balaban J connectivity index is 2.11. The summed E-state index contributed by atoms with van der Waals surface area (Å²) in [5.41, 5.74) is 3.15. The summed E-state index contributed by atoms with van der Waals surface area (Å²) in [6.45, 7) is 1.78. The number of furan rings is 1. The van der Waals surface area contributed by atoms with Gasteiger partial charge in [-0.15, -0.1) is 0 Å². The van der Waals surface area contributed by atoms with Crippen LogP contribution in [0.15, 0.2) is 31.8 Å². The molecule has 0 bridgehead atoms. The van der Waals surface area contributed by atoms with Crippen LogP contribution in [-0.2, 0) is 12.8 Å². The third-order valence-electron chi connectivity index (χ3n) is 3.98. The Bertz CT molecular complexity index is 852. The van der Waals surface area contributed by atoms with Crippen LogP contribution >= 0.6 is 0 Å². The highest BCUT2D eigenvalue weighted by atomic mass is 16.4. The molecular formula is C16H14O3. The van der Waals surface area contributed by atoms with E-state index in [1.54, 1.807) is 6.92 Å². The predicted octanol–water partition coefficient (Wildman–Crippen LogP) is 3.73. The minimum absolute atomic E-state index is 0.275. The van der Waals surface area contributed by atoms with E-state index in [-0.39, 0.29) is 5.63 Å². The molecule has 3 aromatic rings. The van der Waals surface area contributed by atoms with E-state index < -0.39 is 0 Å². The van der Waals surface area contributed by atoms with E-state index in [4.69, 9.17) is 8.83 Å². The van der Waals surface area contributed by atoms with E-state index in [1.165, 1.54) is 23.8 Å². The molecule has 0 radical (unpaired) electrons. The van der Waals surface area contributed by atoms with E-state index >= 15 is 0 Å². The molecule has 2 aromatic heterocycles. The summed E-state index contributed by atoms with van der Waals surface area (Å²) in [5, 5.41) is 2.15. The Labute approximate surface area is 109 Å². The van der Waals surface area contributed by atoms with Gasteiger partial charge in [0.2, 0.25) is 0 Å². The number of fused-ring (bicyclic) bond motifs is 4. The second-order valence-corrected chi connectivity index (χ2v) is 5.31. The van der Waals surface area contributed by atoms with E-state index in [2.05, 4.69) is 6.07 Å². The van der Waals surface area contributed by atoms with Crippen LogP contribution in [-0.4, -0.2) is 0 Å². The van der Waals surface area contributed by atoms with Gasteiger partial charge < -0.3 is 8.83 Å². The molecule has 0 aliphatic heterocycles. The van der Waals surface area contributed by atoms with Crippen LogP contribution in [0.4, 0.5) is 0 Å². The van der Waals surface area contributed by atoms with Gasteiger partial charge in [0, 0.05) is 34.4 Å². The van der Waals surface area contributed by atoms with Gasteiger partial charge in [-0.3, -0.25) is 0 Å². The summed E-state index contributed by atoms with van der Waals surface area (Å²) in [4.78, 5) is 11.6. The molecule has 0 amide bonds. The topological polar surface area (TPSA) is 43.4 Å². The van der Waals surface area contributed by atoms with Gasteiger partial charge in [-0.1, -0.05) is 0 Å². The van der Waals surface area contributed by atoms with E-state index in [9.17, 15) is 4.79 Å².